The van der Waals surface area contributed by atoms with Gasteiger partial charge in [0.2, 0.25) is 0 Å². The fourth-order valence-corrected chi connectivity index (χ4v) is 2.90. The zero-order valence-corrected chi connectivity index (χ0v) is 13.5. The van der Waals surface area contributed by atoms with E-state index in [1.165, 1.54) is 6.33 Å². The second kappa shape index (κ2) is 5.94. The highest BCUT2D eigenvalue weighted by Crippen LogP contribution is 2.38. The molecule has 4 rings (SSSR count). The first-order valence-corrected chi connectivity index (χ1v) is 7.65. The maximum atomic E-state index is 6.20. The van der Waals surface area contributed by atoms with Crippen LogP contribution in [0.15, 0.2) is 59.5 Å². The zero-order valence-electron chi connectivity index (χ0n) is 12.7. The van der Waals surface area contributed by atoms with E-state index in [0.29, 0.717) is 16.3 Å². The molecule has 5 nitrogen and oxygen atoms in total. The number of hydrogen-bond donors (Lipinski definition) is 0. The molecule has 0 saturated heterocycles. The average molecular weight is 338 g/mol. The molecule has 0 fully saturated rings. The van der Waals surface area contributed by atoms with Crippen molar-refractivity contribution in [1.29, 1.82) is 0 Å². The molecule has 0 unspecified atom stereocenters. The topological polar surface area (TPSA) is 61.0 Å². The van der Waals surface area contributed by atoms with Crippen LogP contribution < -0.4 is 4.74 Å². The van der Waals surface area contributed by atoms with Gasteiger partial charge in [-0.1, -0.05) is 41.0 Å². The summed E-state index contributed by atoms with van der Waals surface area (Å²) in [5.74, 6) is 0.735. The Hall–Kier alpha value is -2.92. The summed E-state index contributed by atoms with van der Waals surface area (Å²) in [6.07, 6.45) is 3.07. The molecule has 0 atom stereocenters. The number of para-hydroxylation sites is 2. The lowest BCUT2D eigenvalue weighted by molar-refractivity contribution is 0.415. The first-order valence-electron chi connectivity index (χ1n) is 7.27. The van der Waals surface area contributed by atoms with Gasteiger partial charge in [-0.3, -0.25) is 0 Å². The van der Waals surface area contributed by atoms with Gasteiger partial charge in [-0.15, -0.1) is 0 Å². The number of hydrogen-bond acceptors (Lipinski definition) is 5. The van der Waals surface area contributed by atoms with Gasteiger partial charge >= 0.3 is 0 Å². The minimum Gasteiger partial charge on any atom is -0.496 e. The number of methoxy groups -OCH3 is 1. The molecule has 4 aromatic rings. The standard InChI is InChI=1S/C18H12ClN3O2/c1-23-15-8-3-2-5-12(15)16-13-7-4-6-11(17(13)24-22-16)14-9-20-10-21-18(14)19/h2-10H,1H3. The summed E-state index contributed by atoms with van der Waals surface area (Å²) in [4.78, 5) is 8.07. The maximum Gasteiger partial charge on any atom is 0.175 e. The SMILES string of the molecule is COc1ccccc1-c1noc2c(-c3cncnc3Cl)cccc12. The second-order valence-corrected chi connectivity index (χ2v) is 5.50. The Morgan fingerprint density at radius 2 is 1.83 bits per heavy atom. The fourth-order valence-electron chi connectivity index (χ4n) is 2.70. The van der Waals surface area contributed by atoms with Crippen LogP contribution in [0.5, 0.6) is 5.75 Å². The zero-order chi connectivity index (χ0) is 16.5. The molecule has 0 aliphatic rings. The minimum absolute atomic E-state index is 0.368. The van der Waals surface area contributed by atoms with Gasteiger partial charge in [0.1, 0.15) is 22.9 Å². The quantitative estimate of drug-likeness (QED) is 0.511. The Morgan fingerprint density at radius 3 is 2.67 bits per heavy atom. The van der Waals surface area contributed by atoms with Crippen LogP contribution in [0.4, 0.5) is 0 Å². The summed E-state index contributed by atoms with van der Waals surface area (Å²) in [5.41, 5.74) is 3.72. The average Bonchev–Trinajstić information content (AvgIpc) is 3.06. The van der Waals surface area contributed by atoms with Crippen LogP contribution in [0.3, 0.4) is 0 Å². The molecular formula is C18H12ClN3O2. The largest absolute Gasteiger partial charge is 0.496 e. The summed E-state index contributed by atoms with van der Waals surface area (Å²) >= 11 is 6.20. The van der Waals surface area contributed by atoms with Crippen LogP contribution in [0.25, 0.3) is 33.4 Å². The first-order chi connectivity index (χ1) is 11.8. The fraction of sp³-hybridized carbons (Fsp3) is 0.0556. The van der Waals surface area contributed by atoms with Gasteiger partial charge in [0.05, 0.1) is 12.5 Å². The molecular weight excluding hydrogens is 326 g/mol. The molecule has 0 radical (unpaired) electrons. The smallest absolute Gasteiger partial charge is 0.175 e. The van der Waals surface area contributed by atoms with Gasteiger partial charge in [0.25, 0.3) is 0 Å². The van der Waals surface area contributed by atoms with Crippen LogP contribution in [0.1, 0.15) is 0 Å². The molecule has 0 bridgehead atoms. The van der Waals surface area contributed by atoms with E-state index >= 15 is 0 Å². The number of rotatable bonds is 3. The molecule has 2 aromatic heterocycles. The Labute approximate surface area is 142 Å². The highest BCUT2D eigenvalue weighted by atomic mass is 35.5. The van der Waals surface area contributed by atoms with Gasteiger partial charge in [0, 0.05) is 22.9 Å². The molecule has 0 spiro atoms. The molecule has 2 aromatic carbocycles. The van der Waals surface area contributed by atoms with Crippen molar-refractivity contribution >= 4 is 22.6 Å². The van der Waals surface area contributed by atoms with Crippen LogP contribution in [-0.4, -0.2) is 22.2 Å². The first kappa shape index (κ1) is 14.7. The van der Waals surface area contributed by atoms with Crippen molar-refractivity contribution in [3.63, 3.8) is 0 Å². The van der Waals surface area contributed by atoms with Crippen molar-refractivity contribution in [1.82, 2.24) is 15.1 Å². The molecule has 0 aliphatic carbocycles. The van der Waals surface area contributed by atoms with Crippen LogP contribution in [-0.2, 0) is 0 Å². The molecule has 0 saturated carbocycles. The van der Waals surface area contributed by atoms with E-state index in [1.807, 2.05) is 42.5 Å². The van der Waals surface area contributed by atoms with Gasteiger partial charge in [-0.2, -0.15) is 0 Å². The van der Waals surface area contributed by atoms with Crippen LogP contribution in [0.2, 0.25) is 5.15 Å². The van der Waals surface area contributed by atoms with Crippen LogP contribution >= 0.6 is 11.6 Å². The Kier molecular flexibility index (Phi) is 3.63. The van der Waals surface area contributed by atoms with E-state index in [-0.39, 0.29) is 0 Å². The normalized spacial score (nSPS) is 10.9. The summed E-state index contributed by atoms with van der Waals surface area (Å²) in [7, 11) is 1.63. The summed E-state index contributed by atoms with van der Waals surface area (Å²) in [6, 6.07) is 13.5. The predicted octanol–water partition coefficient (Wildman–Crippen LogP) is 4.61. The Balaban J connectivity index is 1.97. The highest BCUT2D eigenvalue weighted by Gasteiger charge is 2.18. The number of fused-ring (bicyclic) bond motifs is 1. The number of nitrogens with zero attached hydrogens (tertiary/aromatic N) is 3. The Morgan fingerprint density at radius 1 is 1.00 bits per heavy atom. The third-order valence-corrected chi connectivity index (χ3v) is 4.12. The van der Waals surface area contributed by atoms with Crippen molar-refractivity contribution in [3.8, 4) is 28.1 Å². The number of benzene rings is 2. The van der Waals surface area contributed by atoms with E-state index < -0.39 is 0 Å². The lowest BCUT2D eigenvalue weighted by Gasteiger charge is -2.06. The van der Waals surface area contributed by atoms with Crippen molar-refractivity contribution in [2.45, 2.75) is 0 Å². The van der Waals surface area contributed by atoms with E-state index in [9.17, 15) is 0 Å². The molecule has 0 aliphatic heterocycles. The van der Waals surface area contributed by atoms with Gasteiger partial charge in [-0.05, 0) is 18.2 Å². The number of halogens is 1. The lowest BCUT2D eigenvalue weighted by Crippen LogP contribution is -1.88. The van der Waals surface area contributed by atoms with Gasteiger partial charge in [-0.25, -0.2) is 9.97 Å². The summed E-state index contributed by atoms with van der Waals surface area (Å²) in [5, 5.41) is 5.49. The molecule has 24 heavy (non-hydrogen) atoms. The van der Waals surface area contributed by atoms with E-state index in [4.69, 9.17) is 20.9 Å². The molecule has 0 amide bonds. The van der Waals surface area contributed by atoms with E-state index in [0.717, 1.165) is 28.0 Å². The molecule has 6 heteroatoms. The van der Waals surface area contributed by atoms with E-state index in [2.05, 4.69) is 15.1 Å². The number of ether oxygens (including phenoxy) is 1. The maximum absolute atomic E-state index is 6.20. The monoisotopic (exact) mass is 337 g/mol. The third kappa shape index (κ3) is 2.30. The van der Waals surface area contributed by atoms with Crippen molar-refractivity contribution in [2.24, 2.45) is 0 Å². The minimum atomic E-state index is 0.368. The lowest BCUT2D eigenvalue weighted by atomic mass is 10.0. The predicted molar refractivity (Wildman–Crippen MR) is 92.0 cm³/mol. The third-order valence-electron chi connectivity index (χ3n) is 3.81. The molecule has 0 N–H and O–H groups in total. The highest BCUT2D eigenvalue weighted by molar-refractivity contribution is 6.32. The van der Waals surface area contributed by atoms with Crippen molar-refractivity contribution in [2.75, 3.05) is 7.11 Å². The van der Waals surface area contributed by atoms with Crippen LogP contribution in [0, 0.1) is 0 Å². The van der Waals surface area contributed by atoms with Crippen molar-refractivity contribution in [3.05, 3.63) is 60.1 Å². The Bertz CT molecular complexity index is 1030. The molecule has 2 heterocycles. The van der Waals surface area contributed by atoms with E-state index in [1.54, 1.807) is 13.3 Å². The summed E-state index contributed by atoms with van der Waals surface area (Å²) < 4.78 is 11.1. The second-order valence-electron chi connectivity index (χ2n) is 5.14. The summed E-state index contributed by atoms with van der Waals surface area (Å²) in [6.45, 7) is 0. The van der Waals surface area contributed by atoms with Crippen molar-refractivity contribution < 1.29 is 9.26 Å². The molecule has 118 valence electrons. The number of aromatic nitrogens is 3. The van der Waals surface area contributed by atoms with Gasteiger partial charge in [0.15, 0.2) is 5.58 Å². The van der Waals surface area contributed by atoms with Gasteiger partial charge < -0.3 is 9.26 Å².